The summed E-state index contributed by atoms with van der Waals surface area (Å²) in [5.74, 6) is -1.59. The molecule has 0 radical (unpaired) electrons. The molecule has 1 aliphatic carbocycles. The van der Waals surface area contributed by atoms with Crippen molar-refractivity contribution in [2.24, 2.45) is 11.8 Å². The molecule has 0 nitrogen and oxygen atoms in total. The van der Waals surface area contributed by atoms with Crippen LogP contribution in [0.5, 0.6) is 0 Å². The molecular weight excluding hydrogens is 364 g/mol. The van der Waals surface area contributed by atoms with E-state index in [9.17, 15) is 17.6 Å². The molecule has 1 saturated carbocycles. The minimum absolute atomic E-state index is 0. The van der Waals surface area contributed by atoms with Gasteiger partial charge in [-0.1, -0.05) is 65.5 Å². The predicted molar refractivity (Wildman–Crippen MR) is 109 cm³/mol. The van der Waals surface area contributed by atoms with Crippen LogP contribution in [0.15, 0.2) is 24.3 Å². The van der Waals surface area contributed by atoms with Gasteiger partial charge in [-0.2, -0.15) is 0 Å². The van der Waals surface area contributed by atoms with Gasteiger partial charge in [0.05, 0.1) is 0 Å². The van der Waals surface area contributed by atoms with E-state index in [0.717, 1.165) is 24.0 Å². The minimum atomic E-state index is -1.10. The summed E-state index contributed by atoms with van der Waals surface area (Å²) in [5.41, 5.74) is -0.182. The first-order valence-corrected chi connectivity index (χ1v) is 9.65. The molecule has 0 spiro atoms. The largest absolute Gasteiger partial charge is 0.207 e. The fourth-order valence-corrected chi connectivity index (χ4v) is 3.41. The van der Waals surface area contributed by atoms with E-state index in [4.69, 9.17) is 0 Å². The molecule has 0 unspecified atom stereocenters. The van der Waals surface area contributed by atoms with Crippen molar-refractivity contribution >= 4 is 0 Å². The highest BCUT2D eigenvalue weighted by Gasteiger charge is 2.16. The molecule has 1 fully saturated rings. The van der Waals surface area contributed by atoms with Gasteiger partial charge in [0, 0.05) is 11.1 Å². The van der Waals surface area contributed by atoms with Gasteiger partial charge in [-0.25, -0.2) is 17.6 Å². The van der Waals surface area contributed by atoms with Crippen molar-refractivity contribution in [3.05, 3.63) is 58.7 Å². The number of hydrogen-bond acceptors (Lipinski definition) is 0. The lowest BCUT2D eigenvalue weighted by Crippen LogP contribution is -2.10. The molecule has 0 saturated heterocycles. The van der Waals surface area contributed by atoms with Gasteiger partial charge in [-0.05, 0) is 48.9 Å². The number of benzene rings is 2. The van der Waals surface area contributed by atoms with Crippen molar-refractivity contribution in [3.63, 3.8) is 0 Å². The summed E-state index contributed by atoms with van der Waals surface area (Å²) >= 11 is 0. The van der Waals surface area contributed by atoms with Crippen LogP contribution in [0.25, 0.3) is 11.1 Å². The highest BCUT2D eigenvalue weighted by molar-refractivity contribution is 5.65. The normalized spacial score (nSPS) is 18.7. The monoisotopic (exact) mass is 396 g/mol. The summed E-state index contributed by atoms with van der Waals surface area (Å²) in [6.07, 6.45) is 7.37. The Morgan fingerprint density at radius 1 is 0.857 bits per heavy atom. The fraction of sp³-hybridized carbons (Fsp3) is 0.500. The van der Waals surface area contributed by atoms with E-state index in [1.807, 2.05) is 0 Å². The maximum absolute atomic E-state index is 13.7. The molecule has 0 atom stereocenters. The Morgan fingerprint density at radius 2 is 1.39 bits per heavy atom. The molecule has 0 N–H and O–H groups in total. The van der Waals surface area contributed by atoms with Gasteiger partial charge in [-0.15, -0.1) is 0 Å². The number of hydrogen-bond donors (Lipinski definition) is 0. The van der Waals surface area contributed by atoms with E-state index in [2.05, 4.69) is 13.8 Å². The van der Waals surface area contributed by atoms with Crippen LogP contribution in [-0.4, -0.2) is 0 Å². The van der Waals surface area contributed by atoms with E-state index in [1.165, 1.54) is 58.1 Å². The first-order chi connectivity index (χ1) is 12.7. The van der Waals surface area contributed by atoms with Crippen molar-refractivity contribution < 1.29 is 17.6 Å². The van der Waals surface area contributed by atoms with Crippen LogP contribution in [0.2, 0.25) is 0 Å². The molecule has 0 amide bonds. The molecule has 1 aliphatic rings. The van der Waals surface area contributed by atoms with Crippen LogP contribution < -0.4 is 0 Å². The SMILES string of the molecule is C.CCC1CCC(C)CC1.Cc1ccc(-c2cc(F)c(C)c(F)c2)c(F)c1F. The summed E-state index contributed by atoms with van der Waals surface area (Å²) in [6, 6.07) is 4.65. The Bertz CT molecular complexity index is 751. The smallest absolute Gasteiger partial charge is 0.166 e. The van der Waals surface area contributed by atoms with Crippen molar-refractivity contribution in [2.45, 2.75) is 67.2 Å². The zero-order chi connectivity index (χ0) is 20.1. The number of aryl methyl sites for hydroxylation is 1. The third kappa shape index (κ3) is 5.83. The Morgan fingerprint density at radius 3 is 1.89 bits per heavy atom. The fourth-order valence-electron chi connectivity index (χ4n) is 3.41. The van der Waals surface area contributed by atoms with E-state index < -0.39 is 23.3 Å². The topological polar surface area (TPSA) is 0 Å². The van der Waals surface area contributed by atoms with Gasteiger partial charge in [0.1, 0.15) is 11.6 Å². The molecule has 0 aromatic heterocycles. The highest BCUT2D eigenvalue weighted by Crippen LogP contribution is 2.30. The second-order valence-electron chi connectivity index (χ2n) is 7.66. The number of halogens is 4. The Labute approximate surface area is 167 Å². The van der Waals surface area contributed by atoms with Crippen LogP contribution in [0.1, 0.15) is 64.5 Å². The van der Waals surface area contributed by atoms with Crippen LogP contribution in [0.3, 0.4) is 0 Å². The van der Waals surface area contributed by atoms with Crippen LogP contribution >= 0.6 is 0 Å². The van der Waals surface area contributed by atoms with E-state index in [1.54, 1.807) is 0 Å². The maximum Gasteiger partial charge on any atom is 0.166 e. The summed E-state index contributed by atoms with van der Waals surface area (Å²) in [5, 5.41) is 0. The molecule has 0 bridgehead atoms. The van der Waals surface area contributed by atoms with E-state index in [0.29, 0.717) is 0 Å². The van der Waals surface area contributed by atoms with Crippen LogP contribution in [0, 0.1) is 49.0 Å². The first kappa shape index (κ1) is 24.2. The van der Waals surface area contributed by atoms with Crippen molar-refractivity contribution in [3.8, 4) is 11.1 Å². The van der Waals surface area contributed by atoms with Gasteiger partial charge in [0.15, 0.2) is 11.6 Å². The van der Waals surface area contributed by atoms with Crippen molar-refractivity contribution in [1.82, 2.24) is 0 Å². The predicted octanol–water partition coefficient (Wildman–Crippen LogP) is 8.39. The molecule has 156 valence electrons. The lowest BCUT2D eigenvalue weighted by Gasteiger charge is -2.24. The molecule has 0 aliphatic heterocycles. The molecule has 4 heteroatoms. The van der Waals surface area contributed by atoms with Crippen LogP contribution in [0.4, 0.5) is 17.6 Å². The quantitative estimate of drug-likeness (QED) is 0.447. The molecule has 28 heavy (non-hydrogen) atoms. The molecule has 2 aromatic rings. The molecule has 3 rings (SSSR count). The third-order valence-corrected chi connectivity index (χ3v) is 5.58. The Hall–Kier alpha value is -1.84. The Kier molecular flexibility index (Phi) is 9.19. The average Bonchev–Trinajstić information content (AvgIpc) is 2.65. The zero-order valence-electron chi connectivity index (χ0n) is 16.5. The first-order valence-electron chi connectivity index (χ1n) is 9.65. The standard InChI is InChI=1S/C14H10F4.C9H18.CH4/c1-7-3-4-10(14(18)13(7)17)9-5-11(15)8(2)12(16)6-9;1-3-9-6-4-8(2)5-7-9;/h3-6H,1-2H3;8-9H,3-7H2,1-2H3;1H4. The van der Waals surface area contributed by atoms with Gasteiger partial charge in [-0.3, -0.25) is 0 Å². The molecular formula is C24H32F4. The van der Waals surface area contributed by atoms with Gasteiger partial charge in [0.25, 0.3) is 0 Å². The Balaban J connectivity index is 0.000000332. The van der Waals surface area contributed by atoms with Crippen molar-refractivity contribution in [1.29, 1.82) is 0 Å². The highest BCUT2D eigenvalue weighted by atomic mass is 19.2. The summed E-state index contributed by atoms with van der Waals surface area (Å²) in [6.45, 7) is 7.39. The molecule has 0 heterocycles. The number of rotatable bonds is 2. The second-order valence-corrected chi connectivity index (χ2v) is 7.66. The van der Waals surface area contributed by atoms with Gasteiger partial charge >= 0.3 is 0 Å². The van der Waals surface area contributed by atoms with E-state index >= 15 is 0 Å². The van der Waals surface area contributed by atoms with E-state index in [-0.39, 0.29) is 29.7 Å². The summed E-state index contributed by atoms with van der Waals surface area (Å²) in [4.78, 5) is 0. The molecule has 2 aromatic carbocycles. The summed E-state index contributed by atoms with van der Waals surface area (Å²) in [7, 11) is 0. The third-order valence-electron chi connectivity index (χ3n) is 5.58. The summed E-state index contributed by atoms with van der Waals surface area (Å²) < 4.78 is 53.8. The van der Waals surface area contributed by atoms with Crippen LogP contribution in [-0.2, 0) is 0 Å². The lowest BCUT2D eigenvalue weighted by molar-refractivity contribution is 0.284. The van der Waals surface area contributed by atoms with Gasteiger partial charge < -0.3 is 0 Å². The minimum Gasteiger partial charge on any atom is -0.207 e. The second kappa shape index (κ2) is 10.6. The van der Waals surface area contributed by atoms with Crippen molar-refractivity contribution in [2.75, 3.05) is 0 Å². The average molecular weight is 397 g/mol. The maximum atomic E-state index is 13.7. The lowest BCUT2D eigenvalue weighted by atomic mass is 9.82. The van der Waals surface area contributed by atoms with Gasteiger partial charge in [0.2, 0.25) is 0 Å². The zero-order valence-corrected chi connectivity index (χ0v) is 16.5.